The molecule has 6 nitrogen and oxygen atoms in total. The number of amides is 2. The summed E-state index contributed by atoms with van der Waals surface area (Å²) in [6.07, 6.45) is 4.44. The second-order valence-electron chi connectivity index (χ2n) is 7.09. The zero-order valence-electron chi connectivity index (χ0n) is 14.9. The van der Waals surface area contributed by atoms with Crippen molar-refractivity contribution in [1.29, 1.82) is 0 Å². The fraction of sp³-hybridized carbons (Fsp3) is 0.579. The van der Waals surface area contributed by atoms with Crippen molar-refractivity contribution in [1.82, 2.24) is 20.9 Å². The predicted molar refractivity (Wildman–Crippen MR) is 97.3 cm³/mol. The minimum atomic E-state index is -0.0258. The first kappa shape index (κ1) is 17.9. The van der Waals surface area contributed by atoms with Crippen LogP contribution in [0.15, 0.2) is 24.3 Å². The van der Waals surface area contributed by atoms with Crippen molar-refractivity contribution in [2.75, 3.05) is 26.7 Å². The molecule has 6 heteroatoms. The number of likely N-dealkylation sites (N-methyl/N-ethyl adjacent to an activating group) is 1. The molecular formula is C19H28N4O2. The van der Waals surface area contributed by atoms with Crippen molar-refractivity contribution in [2.24, 2.45) is 0 Å². The van der Waals surface area contributed by atoms with Gasteiger partial charge in [-0.2, -0.15) is 0 Å². The molecule has 3 N–H and O–H groups in total. The van der Waals surface area contributed by atoms with Crippen LogP contribution in [0.5, 0.6) is 0 Å². The summed E-state index contributed by atoms with van der Waals surface area (Å²) < 4.78 is 0. The predicted octanol–water partition coefficient (Wildman–Crippen LogP) is 0.879. The minimum Gasteiger partial charge on any atom is -0.351 e. The van der Waals surface area contributed by atoms with Crippen LogP contribution in [0.1, 0.15) is 41.6 Å². The Labute approximate surface area is 149 Å². The Morgan fingerprint density at radius 2 is 2.04 bits per heavy atom. The zero-order chi connectivity index (χ0) is 17.6. The van der Waals surface area contributed by atoms with Crippen molar-refractivity contribution in [3.63, 3.8) is 0 Å². The smallest absolute Gasteiger partial charge is 0.251 e. The number of rotatable bonds is 7. The maximum Gasteiger partial charge on any atom is 0.251 e. The summed E-state index contributed by atoms with van der Waals surface area (Å²) >= 11 is 0. The SMILES string of the molecule is CNC1CCCN(CC(=O)NCc2cccc(C(=O)NC3CC3)c2)C1. The third kappa shape index (κ3) is 5.54. The van der Waals surface area contributed by atoms with E-state index in [1.165, 1.54) is 6.42 Å². The van der Waals surface area contributed by atoms with Gasteiger partial charge in [0, 0.05) is 30.7 Å². The molecule has 0 aromatic heterocycles. The molecule has 1 aliphatic heterocycles. The van der Waals surface area contributed by atoms with Crippen LogP contribution in [0.2, 0.25) is 0 Å². The Bertz CT molecular complexity index is 615. The van der Waals surface area contributed by atoms with Crippen molar-refractivity contribution < 1.29 is 9.59 Å². The number of nitrogens with zero attached hydrogens (tertiary/aromatic N) is 1. The molecule has 1 saturated carbocycles. The number of likely N-dealkylation sites (tertiary alicyclic amines) is 1. The third-order valence-electron chi connectivity index (χ3n) is 4.87. The van der Waals surface area contributed by atoms with Gasteiger partial charge in [-0.3, -0.25) is 14.5 Å². The quantitative estimate of drug-likeness (QED) is 0.687. The van der Waals surface area contributed by atoms with Crippen molar-refractivity contribution in [3.05, 3.63) is 35.4 Å². The molecule has 2 aliphatic rings. The fourth-order valence-electron chi connectivity index (χ4n) is 3.21. The van der Waals surface area contributed by atoms with Crippen LogP contribution in [0, 0.1) is 0 Å². The summed E-state index contributed by atoms with van der Waals surface area (Å²) in [5.41, 5.74) is 1.61. The van der Waals surface area contributed by atoms with Gasteiger partial charge in [0.15, 0.2) is 0 Å². The molecule has 2 fully saturated rings. The van der Waals surface area contributed by atoms with E-state index in [2.05, 4.69) is 20.9 Å². The Balaban J connectivity index is 1.46. The molecule has 1 heterocycles. The molecule has 1 unspecified atom stereocenters. The van der Waals surface area contributed by atoms with Gasteiger partial charge in [0.05, 0.1) is 6.54 Å². The summed E-state index contributed by atoms with van der Waals surface area (Å²) in [6.45, 7) is 2.77. The zero-order valence-corrected chi connectivity index (χ0v) is 14.9. The van der Waals surface area contributed by atoms with Gasteiger partial charge >= 0.3 is 0 Å². The Morgan fingerprint density at radius 3 is 2.80 bits per heavy atom. The Kier molecular flexibility index (Phi) is 6.04. The molecule has 1 atom stereocenters. The third-order valence-corrected chi connectivity index (χ3v) is 4.87. The lowest BCUT2D eigenvalue weighted by molar-refractivity contribution is -0.122. The number of hydrogen-bond donors (Lipinski definition) is 3. The van der Waals surface area contributed by atoms with Crippen molar-refractivity contribution in [3.8, 4) is 0 Å². The van der Waals surface area contributed by atoms with Crippen LogP contribution >= 0.6 is 0 Å². The highest BCUT2D eigenvalue weighted by molar-refractivity contribution is 5.94. The van der Waals surface area contributed by atoms with Crippen LogP contribution in [-0.2, 0) is 11.3 Å². The van der Waals surface area contributed by atoms with E-state index in [0.717, 1.165) is 37.9 Å². The lowest BCUT2D eigenvalue weighted by Crippen LogP contribution is -2.47. The van der Waals surface area contributed by atoms with E-state index in [0.29, 0.717) is 30.7 Å². The highest BCUT2D eigenvalue weighted by Crippen LogP contribution is 2.19. The summed E-state index contributed by atoms with van der Waals surface area (Å²) in [5, 5.41) is 9.24. The van der Waals surface area contributed by atoms with Crippen molar-refractivity contribution in [2.45, 2.75) is 44.3 Å². The van der Waals surface area contributed by atoms with Gasteiger partial charge in [0.2, 0.25) is 5.91 Å². The first-order valence-electron chi connectivity index (χ1n) is 9.20. The first-order valence-corrected chi connectivity index (χ1v) is 9.20. The molecule has 1 aromatic rings. The van der Waals surface area contributed by atoms with Gasteiger partial charge < -0.3 is 16.0 Å². The largest absolute Gasteiger partial charge is 0.351 e. The monoisotopic (exact) mass is 344 g/mol. The van der Waals surface area contributed by atoms with E-state index in [9.17, 15) is 9.59 Å². The van der Waals surface area contributed by atoms with Crippen LogP contribution in [0.25, 0.3) is 0 Å². The van der Waals surface area contributed by atoms with Crippen LogP contribution in [0.3, 0.4) is 0 Å². The molecule has 136 valence electrons. The molecule has 1 aliphatic carbocycles. The van der Waals surface area contributed by atoms with Gasteiger partial charge in [-0.1, -0.05) is 12.1 Å². The van der Waals surface area contributed by atoms with E-state index >= 15 is 0 Å². The highest BCUT2D eigenvalue weighted by Gasteiger charge is 2.24. The highest BCUT2D eigenvalue weighted by atomic mass is 16.2. The molecule has 2 amide bonds. The van der Waals surface area contributed by atoms with Gasteiger partial charge in [-0.15, -0.1) is 0 Å². The van der Waals surface area contributed by atoms with E-state index in [-0.39, 0.29) is 11.8 Å². The average Bonchev–Trinajstić information content (AvgIpc) is 3.44. The van der Waals surface area contributed by atoms with E-state index in [1.807, 2.05) is 31.3 Å². The van der Waals surface area contributed by atoms with Gasteiger partial charge in [-0.25, -0.2) is 0 Å². The summed E-state index contributed by atoms with van der Waals surface area (Å²) in [7, 11) is 1.97. The lowest BCUT2D eigenvalue weighted by Gasteiger charge is -2.31. The van der Waals surface area contributed by atoms with Crippen molar-refractivity contribution >= 4 is 11.8 Å². The Morgan fingerprint density at radius 1 is 1.20 bits per heavy atom. The van der Waals surface area contributed by atoms with Crippen LogP contribution < -0.4 is 16.0 Å². The van der Waals surface area contributed by atoms with Crippen LogP contribution in [0.4, 0.5) is 0 Å². The molecule has 0 bridgehead atoms. The molecule has 3 rings (SSSR count). The summed E-state index contributed by atoms with van der Waals surface area (Å²) in [4.78, 5) is 26.5. The van der Waals surface area contributed by atoms with Gasteiger partial charge in [-0.05, 0) is 57.0 Å². The molecule has 1 aromatic carbocycles. The molecule has 0 spiro atoms. The molecule has 25 heavy (non-hydrogen) atoms. The standard InChI is InChI=1S/C19H28N4O2/c1-20-17-6-3-9-23(12-17)13-18(24)21-11-14-4-2-5-15(10-14)19(25)22-16-7-8-16/h2,4-5,10,16-17,20H,3,6-9,11-13H2,1H3,(H,21,24)(H,22,25). The maximum absolute atomic E-state index is 12.2. The normalized spacial score (nSPS) is 20.9. The van der Waals surface area contributed by atoms with Crippen LogP contribution in [-0.4, -0.2) is 55.5 Å². The summed E-state index contributed by atoms with van der Waals surface area (Å²) in [6, 6.07) is 8.30. The number of carbonyl (C=O) groups excluding carboxylic acids is 2. The molecule has 1 saturated heterocycles. The number of hydrogen-bond acceptors (Lipinski definition) is 4. The van der Waals surface area contributed by atoms with Gasteiger partial charge in [0.25, 0.3) is 5.91 Å². The first-order chi connectivity index (χ1) is 12.1. The fourth-order valence-corrected chi connectivity index (χ4v) is 3.21. The van der Waals surface area contributed by atoms with E-state index in [1.54, 1.807) is 0 Å². The second kappa shape index (κ2) is 8.45. The Hall–Kier alpha value is -1.92. The molecule has 0 radical (unpaired) electrons. The number of benzene rings is 1. The molecular weight excluding hydrogens is 316 g/mol. The lowest BCUT2D eigenvalue weighted by atomic mass is 10.1. The number of nitrogens with one attached hydrogen (secondary N) is 3. The topological polar surface area (TPSA) is 73.5 Å². The van der Waals surface area contributed by atoms with E-state index < -0.39 is 0 Å². The average molecular weight is 344 g/mol. The number of piperidine rings is 1. The maximum atomic E-state index is 12.2. The second-order valence-corrected chi connectivity index (χ2v) is 7.09. The minimum absolute atomic E-state index is 0.0258. The van der Waals surface area contributed by atoms with E-state index in [4.69, 9.17) is 0 Å². The summed E-state index contributed by atoms with van der Waals surface area (Å²) in [5.74, 6) is 0.00619. The van der Waals surface area contributed by atoms with Gasteiger partial charge in [0.1, 0.15) is 0 Å². The number of carbonyl (C=O) groups is 2.